The number of aromatic nitrogens is 1. The van der Waals surface area contributed by atoms with Gasteiger partial charge in [0.25, 0.3) is 0 Å². The molecule has 3 heterocycles. The second kappa shape index (κ2) is 9.32. The Morgan fingerprint density at radius 2 is 1.96 bits per heavy atom. The molecule has 152 valence electrons. The van der Waals surface area contributed by atoms with Gasteiger partial charge in [-0.15, -0.1) is 0 Å². The third-order valence-corrected chi connectivity index (χ3v) is 5.53. The van der Waals surface area contributed by atoms with E-state index in [4.69, 9.17) is 4.74 Å². The Morgan fingerprint density at radius 3 is 2.64 bits per heavy atom. The third-order valence-electron chi connectivity index (χ3n) is 5.53. The van der Waals surface area contributed by atoms with E-state index in [1.54, 1.807) is 18.3 Å². The van der Waals surface area contributed by atoms with Crippen molar-refractivity contribution in [2.45, 2.75) is 19.4 Å². The lowest BCUT2D eigenvalue weighted by Crippen LogP contribution is -2.56. The third kappa shape index (κ3) is 5.19. The van der Waals surface area contributed by atoms with Crippen molar-refractivity contribution < 1.29 is 9.53 Å². The first-order chi connectivity index (χ1) is 13.5. The second-order valence-electron chi connectivity index (χ2n) is 7.94. The fourth-order valence-electron chi connectivity index (χ4n) is 3.71. The van der Waals surface area contributed by atoms with Gasteiger partial charge in [-0.05, 0) is 26.0 Å². The molecule has 0 aliphatic carbocycles. The van der Waals surface area contributed by atoms with E-state index in [0.29, 0.717) is 18.7 Å². The Bertz CT molecular complexity index is 703. The van der Waals surface area contributed by atoms with Crippen LogP contribution in [0.5, 0.6) is 0 Å². The largest absolute Gasteiger partial charge is 0.379 e. The molecule has 2 aliphatic heterocycles. The van der Waals surface area contributed by atoms with Gasteiger partial charge in [0.1, 0.15) is 11.9 Å². The topological polar surface area (TPSA) is 84.7 Å². The lowest BCUT2D eigenvalue weighted by atomic mass is 10.0. The average molecular weight is 387 g/mol. The molecule has 8 heteroatoms. The highest BCUT2D eigenvalue weighted by Gasteiger charge is 2.29. The molecule has 1 aromatic heterocycles. The molecule has 0 unspecified atom stereocenters. The minimum absolute atomic E-state index is 0.0605. The summed E-state index contributed by atoms with van der Waals surface area (Å²) in [7, 11) is 0. The van der Waals surface area contributed by atoms with Gasteiger partial charge in [0.15, 0.2) is 0 Å². The van der Waals surface area contributed by atoms with Crippen molar-refractivity contribution in [2.24, 2.45) is 0 Å². The summed E-state index contributed by atoms with van der Waals surface area (Å²) < 4.78 is 5.41. The van der Waals surface area contributed by atoms with E-state index in [-0.39, 0.29) is 11.4 Å². The first kappa shape index (κ1) is 20.5. The number of rotatable bonds is 6. The number of pyridine rings is 1. The Morgan fingerprint density at radius 1 is 1.25 bits per heavy atom. The zero-order valence-corrected chi connectivity index (χ0v) is 16.9. The highest BCUT2D eigenvalue weighted by atomic mass is 16.5. The van der Waals surface area contributed by atoms with Crippen molar-refractivity contribution in [1.82, 2.24) is 20.1 Å². The van der Waals surface area contributed by atoms with E-state index in [1.807, 2.05) is 0 Å². The summed E-state index contributed by atoms with van der Waals surface area (Å²) in [5.74, 6) is 0.798. The fraction of sp³-hybridized carbons (Fsp3) is 0.650. The van der Waals surface area contributed by atoms with E-state index in [1.165, 1.54) is 0 Å². The number of nitriles is 1. The van der Waals surface area contributed by atoms with Crippen molar-refractivity contribution >= 4 is 11.7 Å². The number of amides is 1. The van der Waals surface area contributed by atoms with Crippen LogP contribution in [0.2, 0.25) is 0 Å². The Labute approximate surface area is 167 Å². The van der Waals surface area contributed by atoms with E-state index in [0.717, 1.165) is 58.3 Å². The van der Waals surface area contributed by atoms with Crippen LogP contribution in [0.1, 0.15) is 19.4 Å². The second-order valence-corrected chi connectivity index (χ2v) is 7.94. The SMILES string of the molecule is CC(C)(CNC(=O)CN1CCN(c2ncccc2C#N)CC1)N1CCOCC1. The normalized spacial score (nSPS) is 19.2. The molecule has 1 N–H and O–H groups in total. The van der Waals surface area contributed by atoms with Crippen molar-refractivity contribution in [2.75, 3.05) is 70.5 Å². The number of piperazine rings is 1. The van der Waals surface area contributed by atoms with Crippen LogP contribution in [0, 0.1) is 11.3 Å². The molecule has 0 bridgehead atoms. The molecular formula is C20H30N6O2. The van der Waals surface area contributed by atoms with Crippen molar-refractivity contribution in [3.05, 3.63) is 23.9 Å². The Balaban J connectivity index is 1.43. The molecule has 2 fully saturated rings. The summed E-state index contributed by atoms with van der Waals surface area (Å²) in [4.78, 5) is 23.4. The predicted molar refractivity (Wildman–Crippen MR) is 107 cm³/mol. The molecule has 0 spiro atoms. The summed E-state index contributed by atoms with van der Waals surface area (Å²) in [5, 5.41) is 12.3. The number of hydrogen-bond acceptors (Lipinski definition) is 7. The number of morpholine rings is 1. The monoisotopic (exact) mass is 386 g/mol. The predicted octanol–water partition coefficient (Wildman–Crippen LogP) is 0.302. The number of ether oxygens (including phenoxy) is 1. The van der Waals surface area contributed by atoms with E-state index in [2.05, 4.69) is 44.9 Å². The summed E-state index contributed by atoms with van der Waals surface area (Å²) in [6.45, 7) is 11.8. The van der Waals surface area contributed by atoms with Crippen LogP contribution in [0.3, 0.4) is 0 Å². The van der Waals surface area contributed by atoms with E-state index >= 15 is 0 Å². The maximum Gasteiger partial charge on any atom is 0.234 e. The number of hydrogen-bond donors (Lipinski definition) is 1. The number of carbonyl (C=O) groups excluding carboxylic acids is 1. The average Bonchev–Trinajstić information content (AvgIpc) is 2.73. The van der Waals surface area contributed by atoms with Gasteiger partial charge in [0.05, 0.1) is 25.3 Å². The first-order valence-corrected chi connectivity index (χ1v) is 9.91. The Hall–Kier alpha value is -2.21. The van der Waals surface area contributed by atoms with Crippen LogP contribution >= 0.6 is 0 Å². The number of anilines is 1. The molecule has 8 nitrogen and oxygen atoms in total. The molecule has 0 saturated carbocycles. The quantitative estimate of drug-likeness (QED) is 0.753. The molecular weight excluding hydrogens is 356 g/mol. The van der Waals surface area contributed by atoms with Gasteiger partial charge in [-0.25, -0.2) is 4.98 Å². The molecule has 0 aromatic carbocycles. The summed E-state index contributed by atoms with van der Waals surface area (Å²) in [5.41, 5.74) is 0.518. The maximum absolute atomic E-state index is 12.4. The van der Waals surface area contributed by atoms with Crippen LogP contribution < -0.4 is 10.2 Å². The van der Waals surface area contributed by atoms with Crippen molar-refractivity contribution in [3.8, 4) is 6.07 Å². The molecule has 0 radical (unpaired) electrons. The molecule has 2 saturated heterocycles. The molecule has 0 atom stereocenters. The van der Waals surface area contributed by atoms with Crippen LogP contribution in [-0.2, 0) is 9.53 Å². The van der Waals surface area contributed by atoms with E-state index in [9.17, 15) is 10.1 Å². The molecule has 1 aromatic rings. The number of carbonyl (C=O) groups is 1. The highest BCUT2D eigenvalue weighted by molar-refractivity contribution is 5.78. The minimum Gasteiger partial charge on any atom is -0.379 e. The van der Waals surface area contributed by atoms with Gasteiger partial charge >= 0.3 is 0 Å². The molecule has 1 amide bonds. The fourth-order valence-corrected chi connectivity index (χ4v) is 3.71. The summed E-state index contributed by atoms with van der Waals surface area (Å²) >= 11 is 0. The van der Waals surface area contributed by atoms with Crippen LogP contribution in [0.25, 0.3) is 0 Å². The van der Waals surface area contributed by atoms with Gasteiger partial charge < -0.3 is 15.0 Å². The summed E-state index contributed by atoms with van der Waals surface area (Å²) in [6.07, 6.45) is 1.71. The van der Waals surface area contributed by atoms with Crippen LogP contribution in [0.4, 0.5) is 5.82 Å². The van der Waals surface area contributed by atoms with Crippen molar-refractivity contribution in [1.29, 1.82) is 5.26 Å². The molecule has 2 aliphatic rings. The number of nitrogens with zero attached hydrogens (tertiary/aromatic N) is 5. The first-order valence-electron chi connectivity index (χ1n) is 9.91. The minimum atomic E-state index is -0.0786. The smallest absolute Gasteiger partial charge is 0.234 e. The van der Waals surface area contributed by atoms with Gasteiger partial charge in [-0.2, -0.15) is 5.26 Å². The van der Waals surface area contributed by atoms with Crippen molar-refractivity contribution in [3.63, 3.8) is 0 Å². The van der Waals surface area contributed by atoms with Gasteiger partial charge in [0, 0.05) is 57.5 Å². The molecule has 28 heavy (non-hydrogen) atoms. The standard InChI is InChI=1S/C20H30N6O2/c1-20(2,26-10-12-28-13-11-26)16-23-18(27)15-24-6-8-25(9-7-24)19-17(14-21)4-3-5-22-19/h3-5H,6-13,15-16H2,1-2H3,(H,23,27). The zero-order valence-electron chi connectivity index (χ0n) is 16.9. The lowest BCUT2D eigenvalue weighted by Gasteiger charge is -2.41. The van der Waals surface area contributed by atoms with Crippen LogP contribution in [0.15, 0.2) is 18.3 Å². The highest BCUT2D eigenvalue weighted by Crippen LogP contribution is 2.18. The molecule has 3 rings (SSSR count). The number of nitrogens with one attached hydrogen (secondary N) is 1. The maximum atomic E-state index is 12.4. The lowest BCUT2D eigenvalue weighted by molar-refractivity contribution is -0.123. The summed E-state index contributed by atoms with van der Waals surface area (Å²) in [6, 6.07) is 5.77. The van der Waals surface area contributed by atoms with Gasteiger partial charge in [-0.1, -0.05) is 0 Å². The van der Waals surface area contributed by atoms with Gasteiger partial charge in [-0.3, -0.25) is 14.6 Å². The van der Waals surface area contributed by atoms with Gasteiger partial charge in [0.2, 0.25) is 5.91 Å². The van der Waals surface area contributed by atoms with Crippen LogP contribution in [-0.4, -0.2) is 91.8 Å². The Kier molecular flexibility index (Phi) is 6.83. The van der Waals surface area contributed by atoms with E-state index < -0.39 is 0 Å². The zero-order chi connectivity index (χ0) is 20.0.